The number of nitrogens with two attached hydrogens (primary N) is 1. The molecule has 0 radical (unpaired) electrons. The first-order valence-corrected chi connectivity index (χ1v) is 7.80. The van der Waals surface area contributed by atoms with Crippen molar-refractivity contribution < 1.29 is 4.55 Å². The zero-order valence-electron chi connectivity index (χ0n) is 12.3. The van der Waals surface area contributed by atoms with Crippen LogP contribution in [0.15, 0.2) is 17.0 Å². The summed E-state index contributed by atoms with van der Waals surface area (Å²) in [4.78, 5) is 0.837. The van der Waals surface area contributed by atoms with Gasteiger partial charge in [-0.15, -0.1) is 5.14 Å². The van der Waals surface area contributed by atoms with Crippen LogP contribution in [0.4, 0.5) is 0 Å². The minimum atomic E-state index is -1.41. The fraction of sp³-hybridized carbons (Fsp3) is 0.600. The van der Waals surface area contributed by atoms with Gasteiger partial charge in [0.1, 0.15) is 0 Å². The summed E-state index contributed by atoms with van der Waals surface area (Å²) in [5, 5.41) is 5.69. The standard InChI is InChI=1S/C15H25NOS/c1-9(2)12-7-13(10(3)4)15(18(16)17)14(8-12)11(5)6/h7-11H,16H2,1-6H3. The Balaban J connectivity index is 3.55. The van der Waals surface area contributed by atoms with Crippen molar-refractivity contribution >= 4 is 11.4 Å². The minimum Gasteiger partial charge on any atom is -0.593 e. The van der Waals surface area contributed by atoms with E-state index in [1.165, 1.54) is 5.56 Å². The molecule has 0 aliphatic rings. The van der Waals surface area contributed by atoms with Crippen LogP contribution in [0.25, 0.3) is 0 Å². The van der Waals surface area contributed by atoms with Gasteiger partial charge in [-0.2, -0.15) is 0 Å². The minimum absolute atomic E-state index is 0.337. The first-order chi connectivity index (χ1) is 8.25. The zero-order chi connectivity index (χ0) is 14.0. The Morgan fingerprint density at radius 1 is 0.889 bits per heavy atom. The summed E-state index contributed by atoms with van der Waals surface area (Å²) >= 11 is -1.41. The Hall–Kier alpha value is -0.510. The van der Waals surface area contributed by atoms with Crippen molar-refractivity contribution in [2.24, 2.45) is 5.14 Å². The summed E-state index contributed by atoms with van der Waals surface area (Å²) in [7, 11) is 0. The van der Waals surface area contributed by atoms with Crippen molar-refractivity contribution in [3.8, 4) is 0 Å². The zero-order valence-corrected chi connectivity index (χ0v) is 13.1. The van der Waals surface area contributed by atoms with E-state index in [0.717, 1.165) is 16.0 Å². The molecule has 1 atom stereocenters. The lowest BCUT2D eigenvalue weighted by Gasteiger charge is -2.21. The third-order valence-electron chi connectivity index (χ3n) is 3.28. The molecule has 1 unspecified atom stereocenters. The molecule has 0 spiro atoms. The first-order valence-electron chi connectivity index (χ1n) is 6.59. The average Bonchev–Trinajstić information content (AvgIpc) is 2.26. The van der Waals surface area contributed by atoms with Crippen LogP contribution in [0.1, 0.15) is 76.0 Å². The van der Waals surface area contributed by atoms with E-state index in [2.05, 4.69) is 53.7 Å². The van der Waals surface area contributed by atoms with Crippen LogP contribution in [-0.2, 0) is 11.4 Å². The van der Waals surface area contributed by atoms with Gasteiger partial charge in [0.05, 0.1) is 11.4 Å². The van der Waals surface area contributed by atoms with Gasteiger partial charge in [0.15, 0.2) is 4.90 Å². The van der Waals surface area contributed by atoms with Crippen LogP contribution >= 0.6 is 0 Å². The van der Waals surface area contributed by atoms with Crippen molar-refractivity contribution in [1.29, 1.82) is 0 Å². The van der Waals surface area contributed by atoms with Crippen molar-refractivity contribution in [3.05, 3.63) is 28.8 Å². The van der Waals surface area contributed by atoms with Crippen molar-refractivity contribution in [1.82, 2.24) is 0 Å². The first kappa shape index (κ1) is 15.5. The van der Waals surface area contributed by atoms with Gasteiger partial charge in [0.2, 0.25) is 0 Å². The molecule has 1 rings (SSSR count). The third kappa shape index (κ3) is 3.28. The lowest BCUT2D eigenvalue weighted by Crippen LogP contribution is -2.19. The molecule has 0 saturated heterocycles. The highest BCUT2D eigenvalue weighted by atomic mass is 32.2. The van der Waals surface area contributed by atoms with E-state index in [1.54, 1.807) is 0 Å². The summed E-state index contributed by atoms with van der Waals surface area (Å²) in [5.41, 5.74) is 3.56. The molecule has 18 heavy (non-hydrogen) atoms. The van der Waals surface area contributed by atoms with Gasteiger partial charge < -0.3 is 4.55 Å². The molecule has 2 N–H and O–H groups in total. The van der Waals surface area contributed by atoms with E-state index in [0.29, 0.717) is 17.8 Å². The second-order valence-corrected chi connectivity index (χ2v) is 6.79. The van der Waals surface area contributed by atoms with Crippen LogP contribution in [0, 0.1) is 0 Å². The van der Waals surface area contributed by atoms with Gasteiger partial charge in [-0.05, 0) is 23.3 Å². The number of benzene rings is 1. The monoisotopic (exact) mass is 267 g/mol. The summed E-state index contributed by atoms with van der Waals surface area (Å²) in [6, 6.07) is 4.34. The molecule has 1 aromatic carbocycles. The fourth-order valence-corrected chi connectivity index (χ4v) is 3.18. The highest BCUT2D eigenvalue weighted by Crippen LogP contribution is 2.34. The fourth-order valence-electron chi connectivity index (χ4n) is 2.12. The molecule has 0 aromatic heterocycles. The Labute approximate surface area is 114 Å². The molecule has 0 bridgehead atoms. The molecule has 0 fully saturated rings. The van der Waals surface area contributed by atoms with E-state index in [1.807, 2.05) is 0 Å². The molecule has 102 valence electrons. The van der Waals surface area contributed by atoms with Crippen LogP contribution in [-0.4, -0.2) is 4.55 Å². The van der Waals surface area contributed by atoms with Crippen LogP contribution in [0.2, 0.25) is 0 Å². The molecular formula is C15H25NOS. The second-order valence-electron chi connectivity index (χ2n) is 5.79. The third-order valence-corrected chi connectivity index (χ3v) is 4.15. The maximum atomic E-state index is 11.9. The van der Waals surface area contributed by atoms with Crippen molar-refractivity contribution in [3.63, 3.8) is 0 Å². The Bertz CT molecular complexity index is 382. The number of hydrogen-bond donors (Lipinski definition) is 1. The topological polar surface area (TPSA) is 49.1 Å². The van der Waals surface area contributed by atoms with E-state index < -0.39 is 11.4 Å². The lowest BCUT2D eigenvalue weighted by molar-refractivity contribution is 0.591. The van der Waals surface area contributed by atoms with Gasteiger partial charge in [0, 0.05) is 11.1 Å². The molecule has 0 amide bonds. The Morgan fingerprint density at radius 2 is 1.28 bits per heavy atom. The quantitative estimate of drug-likeness (QED) is 0.837. The molecule has 0 aliphatic heterocycles. The largest absolute Gasteiger partial charge is 0.593 e. The van der Waals surface area contributed by atoms with Gasteiger partial charge in [-0.1, -0.05) is 53.7 Å². The average molecular weight is 267 g/mol. The molecule has 0 aliphatic carbocycles. The maximum Gasteiger partial charge on any atom is 0.180 e. The Kier molecular flexibility index (Phi) is 5.26. The van der Waals surface area contributed by atoms with Crippen LogP contribution < -0.4 is 5.14 Å². The van der Waals surface area contributed by atoms with Crippen molar-refractivity contribution in [2.45, 2.75) is 64.2 Å². The summed E-state index contributed by atoms with van der Waals surface area (Å²) in [5.74, 6) is 1.15. The molecular weight excluding hydrogens is 242 g/mol. The highest BCUT2D eigenvalue weighted by Gasteiger charge is 2.24. The predicted molar refractivity (Wildman–Crippen MR) is 79.3 cm³/mol. The highest BCUT2D eigenvalue weighted by molar-refractivity contribution is 7.89. The van der Waals surface area contributed by atoms with Gasteiger partial charge in [-0.3, -0.25) is 0 Å². The molecule has 1 aromatic rings. The lowest BCUT2D eigenvalue weighted by atomic mass is 9.89. The van der Waals surface area contributed by atoms with E-state index in [9.17, 15) is 4.55 Å². The summed E-state index contributed by atoms with van der Waals surface area (Å²) in [6.07, 6.45) is 0. The number of hydrogen-bond acceptors (Lipinski definition) is 2. The summed E-state index contributed by atoms with van der Waals surface area (Å²) in [6.45, 7) is 12.9. The molecule has 2 nitrogen and oxygen atoms in total. The SMILES string of the molecule is CC(C)c1cc(C(C)C)c([S+](N)[O-])c(C(C)C)c1. The van der Waals surface area contributed by atoms with E-state index >= 15 is 0 Å². The maximum absolute atomic E-state index is 11.9. The molecule has 0 heterocycles. The van der Waals surface area contributed by atoms with E-state index in [-0.39, 0.29) is 0 Å². The van der Waals surface area contributed by atoms with Gasteiger partial charge in [0.25, 0.3) is 0 Å². The molecule has 3 heteroatoms. The van der Waals surface area contributed by atoms with Crippen LogP contribution in [0.5, 0.6) is 0 Å². The smallest absolute Gasteiger partial charge is 0.180 e. The van der Waals surface area contributed by atoms with Crippen molar-refractivity contribution in [2.75, 3.05) is 0 Å². The van der Waals surface area contributed by atoms with Gasteiger partial charge in [-0.25, -0.2) is 0 Å². The predicted octanol–water partition coefficient (Wildman–Crippen LogP) is 4.04. The molecule has 0 saturated carbocycles. The van der Waals surface area contributed by atoms with Crippen LogP contribution in [0.3, 0.4) is 0 Å². The van der Waals surface area contributed by atoms with Gasteiger partial charge >= 0.3 is 0 Å². The second kappa shape index (κ2) is 6.09. The normalized spacial score (nSPS) is 13.7. The number of rotatable bonds is 4. The Morgan fingerprint density at radius 3 is 1.50 bits per heavy atom. The summed E-state index contributed by atoms with van der Waals surface area (Å²) < 4.78 is 11.9. The van der Waals surface area contributed by atoms with E-state index in [4.69, 9.17) is 5.14 Å².